The molecule has 0 amide bonds. The lowest BCUT2D eigenvalue weighted by Gasteiger charge is -2.37. The van der Waals surface area contributed by atoms with Gasteiger partial charge in [-0.15, -0.1) is 0 Å². The number of carbonyl (C=O) groups is 1. The molecule has 0 aliphatic rings. The van der Waals surface area contributed by atoms with E-state index in [-0.39, 0.29) is 5.41 Å². The van der Waals surface area contributed by atoms with Crippen LogP contribution in [0.3, 0.4) is 0 Å². The average molecular weight is 371 g/mol. The van der Waals surface area contributed by atoms with E-state index in [1.165, 1.54) is 25.7 Å². The molecule has 0 rings (SSSR count). The zero-order valence-corrected chi connectivity index (χ0v) is 19.3. The molecule has 0 bridgehead atoms. The topological polar surface area (TPSA) is 35.5 Å². The van der Waals surface area contributed by atoms with E-state index in [0.29, 0.717) is 17.9 Å². The maximum absolute atomic E-state index is 12.0. The molecule has 26 heavy (non-hydrogen) atoms. The fourth-order valence-corrected chi connectivity index (χ4v) is 3.81. The third-order valence-electron chi connectivity index (χ3n) is 5.23. The highest BCUT2D eigenvalue weighted by Gasteiger charge is 2.35. The Morgan fingerprint density at radius 3 is 2.00 bits per heavy atom. The van der Waals surface area contributed by atoms with E-state index in [4.69, 9.17) is 9.47 Å². The summed E-state index contributed by atoms with van der Waals surface area (Å²) in [5.41, 5.74) is 0.0452. The van der Waals surface area contributed by atoms with E-state index >= 15 is 0 Å². The molecule has 3 nitrogen and oxygen atoms in total. The van der Waals surface area contributed by atoms with Gasteiger partial charge >= 0.3 is 6.16 Å². The van der Waals surface area contributed by atoms with E-state index < -0.39 is 11.8 Å². The second-order valence-electron chi connectivity index (χ2n) is 10.7. The molecule has 0 N–H and O–H groups in total. The first kappa shape index (κ1) is 25.3. The molecule has 0 aromatic carbocycles. The van der Waals surface area contributed by atoms with Gasteiger partial charge in [0.05, 0.1) is 6.61 Å². The summed E-state index contributed by atoms with van der Waals surface area (Å²) in [5.74, 6) is 1.08. The van der Waals surface area contributed by atoms with Gasteiger partial charge in [0, 0.05) is 0 Å². The van der Waals surface area contributed by atoms with Crippen LogP contribution >= 0.6 is 0 Å². The lowest BCUT2D eigenvalue weighted by Crippen LogP contribution is -2.35. The molecule has 0 saturated heterocycles. The van der Waals surface area contributed by atoms with Crippen molar-refractivity contribution in [3.05, 3.63) is 0 Å². The molecule has 0 aliphatic carbocycles. The number of rotatable bonds is 11. The highest BCUT2D eigenvalue weighted by molar-refractivity contribution is 5.60. The maximum Gasteiger partial charge on any atom is 0.508 e. The number of hydrogen-bond donors (Lipinski definition) is 0. The van der Waals surface area contributed by atoms with E-state index in [9.17, 15) is 4.79 Å². The summed E-state index contributed by atoms with van der Waals surface area (Å²) < 4.78 is 10.8. The average Bonchev–Trinajstić information content (AvgIpc) is 2.47. The van der Waals surface area contributed by atoms with E-state index in [0.717, 1.165) is 18.8 Å². The first-order chi connectivity index (χ1) is 11.7. The summed E-state index contributed by atoms with van der Waals surface area (Å²) in [5, 5.41) is 0. The maximum atomic E-state index is 12.0. The molecule has 0 aliphatic heterocycles. The molecule has 2 atom stereocenters. The molecule has 0 aromatic heterocycles. The minimum atomic E-state index is -0.540. The Morgan fingerprint density at radius 2 is 1.58 bits per heavy atom. The minimum Gasteiger partial charge on any atom is -0.434 e. The summed E-state index contributed by atoms with van der Waals surface area (Å²) in [6.45, 7) is 22.3. The fraction of sp³-hybridized carbons (Fsp3) is 0.957. The third-order valence-corrected chi connectivity index (χ3v) is 5.23. The van der Waals surface area contributed by atoms with Crippen LogP contribution in [0.25, 0.3) is 0 Å². The van der Waals surface area contributed by atoms with Crippen LogP contribution in [0.1, 0.15) is 108 Å². The second kappa shape index (κ2) is 10.6. The van der Waals surface area contributed by atoms with Gasteiger partial charge < -0.3 is 9.47 Å². The Balaban J connectivity index is 4.73. The number of carbonyl (C=O) groups excluding carboxylic acids is 1. The van der Waals surface area contributed by atoms with Crippen LogP contribution in [0, 0.1) is 22.7 Å². The van der Waals surface area contributed by atoms with Crippen LogP contribution in [0.4, 0.5) is 4.79 Å². The molecule has 156 valence electrons. The monoisotopic (exact) mass is 370 g/mol. The SMILES string of the molecule is CCC(CCC(C)(CC)CC(C)(C)OC(=O)OCC(C)C)CC(C)(C)C. The molecule has 3 heteroatoms. The van der Waals surface area contributed by atoms with Crippen molar-refractivity contribution in [3.8, 4) is 0 Å². The largest absolute Gasteiger partial charge is 0.508 e. The van der Waals surface area contributed by atoms with Crippen molar-refractivity contribution in [3.63, 3.8) is 0 Å². The lowest BCUT2D eigenvalue weighted by atomic mass is 9.71. The minimum absolute atomic E-state index is 0.174. The highest BCUT2D eigenvalue weighted by Crippen LogP contribution is 2.40. The smallest absolute Gasteiger partial charge is 0.434 e. The normalized spacial score (nSPS) is 16.3. The van der Waals surface area contributed by atoms with E-state index in [1.54, 1.807) is 0 Å². The van der Waals surface area contributed by atoms with Crippen LogP contribution in [-0.2, 0) is 9.47 Å². The van der Waals surface area contributed by atoms with Crippen molar-refractivity contribution >= 4 is 6.16 Å². The molecular formula is C23H46O3. The standard InChI is InChI=1S/C23H46O3/c1-11-19(15-21(5,6)7)13-14-23(10,12-2)17-22(8,9)26-20(24)25-16-18(3)4/h18-19H,11-17H2,1-10H3. The second-order valence-corrected chi connectivity index (χ2v) is 10.7. The van der Waals surface area contributed by atoms with Crippen molar-refractivity contribution < 1.29 is 14.3 Å². The zero-order valence-electron chi connectivity index (χ0n) is 19.3. The van der Waals surface area contributed by atoms with Gasteiger partial charge in [0.2, 0.25) is 0 Å². The molecule has 0 saturated carbocycles. The van der Waals surface area contributed by atoms with Gasteiger partial charge in [-0.3, -0.25) is 0 Å². The van der Waals surface area contributed by atoms with Crippen LogP contribution in [0.15, 0.2) is 0 Å². The predicted molar refractivity (Wildman–Crippen MR) is 111 cm³/mol. The van der Waals surface area contributed by atoms with E-state index in [2.05, 4.69) is 41.5 Å². The van der Waals surface area contributed by atoms with Crippen LogP contribution in [0.2, 0.25) is 0 Å². The first-order valence-electron chi connectivity index (χ1n) is 10.6. The van der Waals surface area contributed by atoms with Gasteiger partial charge in [-0.25, -0.2) is 4.79 Å². The number of hydrogen-bond acceptors (Lipinski definition) is 3. The molecule has 0 fully saturated rings. The highest BCUT2D eigenvalue weighted by atomic mass is 16.7. The Hall–Kier alpha value is -0.730. The van der Waals surface area contributed by atoms with Crippen LogP contribution in [0.5, 0.6) is 0 Å². The molecule has 0 radical (unpaired) electrons. The third kappa shape index (κ3) is 11.8. The summed E-state index contributed by atoms with van der Waals surface area (Å²) in [4.78, 5) is 12.0. The Bertz CT molecular complexity index is 406. The quantitative estimate of drug-likeness (QED) is 0.351. The fourth-order valence-electron chi connectivity index (χ4n) is 3.81. The van der Waals surface area contributed by atoms with Gasteiger partial charge in [-0.05, 0) is 62.2 Å². The Morgan fingerprint density at radius 1 is 1.00 bits per heavy atom. The Kier molecular flexibility index (Phi) is 10.3. The summed E-state index contributed by atoms with van der Waals surface area (Å²) in [7, 11) is 0. The van der Waals surface area contributed by atoms with Crippen LogP contribution < -0.4 is 0 Å². The zero-order chi connectivity index (χ0) is 20.6. The van der Waals surface area contributed by atoms with Gasteiger partial charge in [0.15, 0.2) is 0 Å². The summed E-state index contributed by atoms with van der Waals surface area (Å²) in [6.07, 6.45) is 6.33. The number of ether oxygens (including phenoxy) is 2. The van der Waals surface area contributed by atoms with Crippen molar-refractivity contribution in [1.82, 2.24) is 0 Å². The van der Waals surface area contributed by atoms with E-state index in [1.807, 2.05) is 27.7 Å². The van der Waals surface area contributed by atoms with Crippen molar-refractivity contribution in [2.45, 2.75) is 113 Å². The molecule has 2 unspecified atom stereocenters. The Labute approximate surface area is 163 Å². The molecule has 0 spiro atoms. The summed E-state index contributed by atoms with van der Waals surface area (Å²) >= 11 is 0. The van der Waals surface area contributed by atoms with Gasteiger partial charge in [-0.1, -0.05) is 68.2 Å². The van der Waals surface area contributed by atoms with Crippen molar-refractivity contribution in [2.24, 2.45) is 22.7 Å². The van der Waals surface area contributed by atoms with Gasteiger partial charge in [0.25, 0.3) is 0 Å². The van der Waals surface area contributed by atoms with Crippen molar-refractivity contribution in [1.29, 1.82) is 0 Å². The summed E-state index contributed by atoms with van der Waals surface area (Å²) in [6, 6.07) is 0. The molecule has 0 aromatic rings. The molecular weight excluding hydrogens is 324 g/mol. The van der Waals surface area contributed by atoms with Gasteiger partial charge in [-0.2, -0.15) is 0 Å². The predicted octanol–water partition coefficient (Wildman–Crippen LogP) is 7.62. The van der Waals surface area contributed by atoms with Crippen molar-refractivity contribution in [2.75, 3.05) is 6.61 Å². The first-order valence-corrected chi connectivity index (χ1v) is 10.6. The van der Waals surface area contributed by atoms with Gasteiger partial charge in [0.1, 0.15) is 5.60 Å². The van der Waals surface area contributed by atoms with Crippen LogP contribution in [-0.4, -0.2) is 18.4 Å². The lowest BCUT2D eigenvalue weighted by molar-refractivity contribution is -0.0440. The molecule has 0 heterocycles.